The molecule has 0 spiro atoms. The minimum Gasteiger partial charge on any atom is -0.395 e. The highest BCUT2D eigenvalue weighted by Crippen LogP contribution is 2.27. The highest BCUT2D eigenvalue weighted by atomic mass is 16.4. The van der Waals surface area contributed by atoms with E-state index in [-0.39, 0.29) is 12.6 Å². The number of rotatable bonds is 10. The number of likely N-dealkylation sites (tertiary alicyclic amines) is 1. The first-order valence-electron chi connectivity index (χ1n) is 8.67. The molecule has 0 amide bonds. The van der Waals surface area contributed by atoms with Crippen molar-refractivity contribution >= 4 is 0 Å². The molecule has 1 heterocycles. The molecule has 0 aliphatic carbocycles. The summed E-state index contributed by atoms with van der Waals surface area (Å²) in [5.74, 6) is 0. The molecule has 136 valence electrons. The molecule has 6 nitrogen and oxygen atoms in total. The summed E-state index contributed by atoms with van der Waals surface area (Å²) in [5, 5.41) is 49.2. The van der Waals surface area contributed by atoms with E-state index in [1.165, 1.54) is 11.3 Å². The average Bonchev–Trinajstić information content (AvgIpc) is 2.54. The van der Waals surface area contributed by atoms with E-state index in [1.807, 2.05) is 13.0 Å². The third-order valence-corrected chi connectivity index (χ3v) is 4.81. The number of hydrogen-bond acceptors (Lipinski definition) is 6. The molecular formula is C17H33NO5. The maximum absolute atomic E-state index is 10.2. The van der Waals surface area contributed by atoms with Crippen LogP contribution in [0.5, 0.6) is 0 Å². The Kier molecular flexibility index (Phi) is 9.27. The van der Waals surface area contributed by atoms with Crippen molar-refractivity contribution in [1.82, 2.24) is 4.90 Å². The summed E-state index contributed by atoms with van der Waals surface area (Å²) in [6.45, 7) is 5.22. The first-order chi connectivity index (χ1) is 11.0. The minimum absolute atomic E-state index is 0.105. The lowest BCUT2D eigenvalue weighted by molar-refractivity contribution is -0.232. The lowest BCUT2D eigenvalue weighted by atomic mass is 9.90. The Morgan fingerprint density at radius 1 is 0.957 bits per heavy atom. The highest BCUT2D eigenvalue weighted by molar-refractivity contribution is 4.98. The molecule has 1 saturated heterocycles. The van der Waals surface area contributed by atoms with Crippen molar-refractivity contribution < 1.29 is 25.5 Å². The van der Waals surface area contributed by atoms with Crippen LogP contribution in [0.15, 0.2) is 12.7 Å². The number of aliphatic hydroxyl groups excluding tert-OH is 5. The van der Waals surface area contributed by atoms with Crippen LogP contribution < -0.4 is 0 Å². The van der Waals surface area contributed by atoms with Gasteiger partial charge in [0.1, 0.15) is 24.5 Å². The van der Waals surface area contributed by atoms with Crippen LogP contribution in [0.4, 0.5) is 0 Å². The molecule has 2 unspecified atom stereocenters. The van der Waals surface area contributed by atoms with E-state index in [9.17, 15) is 25.5 Å². The lowest BCUT2D eigenvalue weighted by Crippen LogP contribution is -2.69. The molecule has 23 heavy (non-hydrogen) atoms. The summed E-state index contributed by atoms with van der Waals surface area (Å²) in [5.41, 5.74) is 0. The number of unbranched alkanes of at least 4 members (excludes halogenated alkanes) is 5. The second kappa shape index (κ2) is 10.4. The van der Waals surface area contributed by atoms with Crippen molar-refractivity contribution in [3.8, 4) is 0 Å². The third kappa shape index (κ3) is 5.52. The van der Waals surface area contributed by atoms with Gasteiger partial charge in [-0.3, -0.25) is 4.90 Å². The molecule has 6 heteroatoms. The van der Waals surface area contributed by atoms with Crippen molar-refractivity contribution in [1.29, 1.82) is 0 Å². The minimum atomic E-state index is -1.45. The molecule has 6 atom stereocenters. The first kappa shape index (κ1) is 20.5. The zero-order valence-electron chi connectivity index (χ0n) is 14.1. The lowest BCUT2D eigenvalue weighted by Gasteiger charge is -2.49. The number of piperidine rings is 1. The van der Waals surface area contributed by atoms with E-state index >= 15 is 0 Å². The third-order valence-electron chi connectivity index (χ3n) is 4.81. The average molecular weight is 331 g/mol. The van der Waals surface area contributed by atoms with E-state index in [0.717, 1.165) is 38.5 Å². The SMILES string of the molecule is C=CCCCCCCCC(C)N1C(O)[C@H](O)[C@@H](O)[C@H](O)[C@H]1CO. The molecule has 1 fully saturated rings. The van der Waals surface area contributed by atoms with Gasteiger partial charge in [0.25, 0.3) is 0 Å². The smallest absolute Gasteiger partial charge is 0.136 e. The van der Waals surface area contributed by atoms with Gasteiger partial charge in [0.2, 0.25) is 0 Å². The maximum atomic E-state index is 10.2. The monoisotopic (exact) mass is 331 g/mol. The Labute approximate surface area is 139 Å². The van der Waals surface area contributed by atoms with Gasteiger partial charge in [-0.1, -0.05) is 31.8 Å². The van der Waals surface area contributed by atoms with Crippen LogP contribution in [-0.4, -0.2) is 73.7 Å². The quantitative estimate of drug-likeness (QED) is 0.293. The van der Waals surface area contributed by atoms with Crippen LogP contribution in [0, 0.1) is 0 Å². The zero-order chi connectivity index (χ0) is 17.4. The standard InChI is InChI=1S/C17H33NO5/c1-3-4-5-6-7-8-9-10-12(2)18-13(11-19)14(20)15(21)16(22)17(18)23/h3,12-17,19-23H,1,4-11H2,2H3/t12?,13-,14-,15+,16-,17?/m1/s1. The predicted octanol–water partition coefficient (Wildman–Crippen LogP) is 0.369. The number of nitrogens with zero attached hydrogens (tertiary/aromatic N) is 1. The first-order valence-corrected chi connectivity index (χ1v) is 8.67. The van der Waals surface area contributed by atoms with E-state index in [0.29, 0.717) is 0 Å². The topological polar surface area (TPSA) is 104 Å². The predicted molar refractivity (Wildman–Crippen MR) is 88.7 cm³/mol. The van der Waals surface area contributed by atoms with Crippen molar-refractivity contribution in [2.75, 3.05) is 6.61 Å². The molecule has 0 radical (unpaired) electrons. The van der Waals surface area contributed by atoms with Gasteiger partial charge in [0, 0.05) is 6.04 Å². The molecule has 0 aromatic heterocycles. The molecule has 0 aromatic carbocycles. The Hall–Kier alpha value is -0.500. The van der Waals surface area contributed by atoms with Gasteiger partial charge in [-0.25, -0.2) is 0 Å². The molecule has 0 saturated carbocycles. The Balaban J connectivity index is 2.45. The van der Waals surface area contributed by atoms with Gasteiger partial charge in [0.05, 0.1) is 12.6 Å². The van der Waals surface area contributed by atoms with Crippen LogP contribution in [0.1, 0.15) is 51.9 Å². The molecular weight excluding hydrogens is 298 g/mol. The van der Waals surface area contributed by atoms with Crippen LogP contribution >= 0.6 is 0 Å². The molecule has 5 N–H and O–H groups in total. The molecule has 1 aliphatic heterocycles. The van der Waals surface area contributed by atoms with Crippen LogP contribution in [0.25, 0.3) is 0 Å². The fourth-order valence-corrected chi connectivity index (χ4v) is 3.35. The van der Waals surface area contributed by atoms with Crippen LogP contribution in [0.3, 0.4) is 0 Å². The largest absolute Gasteiger partial charge is 0.395 e. The van der Waals surface area contributed by atoms with Gasteiger partial charge >= 0.3 is 0 Å². The number of aliphatic hydroxyl groups is 5. The summed E-state index contributed by atoms with van der Waals surface area (Å²) in [4.78, 5) is 1.53. The van der Waals surface area contributed by atoms with Gasteiger partial charge in [-0.15, -0.1) is 6.58 Å². The van der Waals surface area contributed by atoms with Gasteiger partial charge < -0.3 is 25.5 Å². The van der Waals surface area contributed by atoms with Gasteiger partial charge in [0.15, 0.2) is 0 Å². The number of hydrogen-bond donors (Lipinski definition) is 5. The molecule has 1 rings (SSSR count). The second-order valence-corrected chi connectivity index (χ2v) is 6.57. The maximum Gasteiger partial charge on any atom is 0.136 e. The fourth-order valence-electron chi connectivity index (χ4n) is 3.35. The zero-order valence-corrected chi connectivity index (χ0v) is 14.1. The fraction of sp³-hybridized carbons (Fsp3) is 0.882. The van der Waals surface area contributed by atoms with Crippen molar-refractivity contribution in [2.45, 2.75) is 88.5 Å². The van der Waals surface area contributed by atoms with Crippen molar-refractivity contribution in [3.63, 3.8) is 0 Å². The van der Waals surface area contributed by atoms with Gasteiger partial charge in [-0.2, -0.15) is 0 Å². The van der Waals surface area contributed by atoms with Gasteiger partial charge in [-0.05, 0) is 26.2 Å². The normalized spacial score (nSPS) is 33.6. The van der Waals surface area contributed by atoms with Crippen LogP contribution in [0.2, 0.25) is 0 Å². The number of allylic oxidation sites excluding steroid dienone is 1. The van der Waals surface area contributed by atoms with Crippen molar-refractivity contribution in [3.05, 3.63) is 12.7 Å². The highest BCUT2D eigenvalue weighted by Gasteiger charge is 2.48. The summed E-state index contributed by atoms with van der Waals surface area (Å²) in [7, 11) is 0. The van der Waals surface area contributed by atoms with Crippen molar-refractivity contribution in [2.24, 2.45) is 0 Å². The summed E-state index contributed by atoms with van der Waals surface area (Å²) < 4.78 is 0. The molecule has 0 aromatic rings. The Bertz CT molecular complexity index is 341. The van der Waals surface area contributed by atoms with E-state index in [1.54, 1.807) is 0 Å². The second-order valence-electron chi connectivity index (χ2n) is 6.57. The molecule has 1 aliphatic rings. The Morgan fingerprint density at radius 3 is 2.17 bits per heavy atom. The molecule has 0 bridgehead atoms. The van der Waals surface area contributed by atoms with E-state index < -0.39 is 30.6 Å². The van der Waals surface area contributed by atoms with E-state index in [2.05, 4.69) is 6.58 Å². The Morgan fingerprint density at radius 2 is 1.57 bits per heavy atom. The summed E-state index contributed by atoms with van der Waals surface area (Å²) in [6, 6.07) is -0.877. The van der Waals surface area contributed by atoms with E-state index in [4.69, 9.17) is 0 Å². The summed E-state index contributed by atoms with van der Waals surface area (Å²) >= 11 is 0. The van der Waals surface area contributed by atoms with Crippen LogP contribution in [-0.2, 0) is 0 Å². The summed E-state index contributed by atoms with van der Waals surface area (Å²) in [6.07, 6.45) is 3.88.